The second-order valence-electron chi connectivity index (χ2n) is 6.68. The van der Waals surface area contributed by atoms with Crippen LogP contribution < -0.4 is 10.0 Å². The lowest BCUT2D eigenvalue weighted by Crippen LogP contribution is -2.30. The van der Waals surface area contributed by atoms with Gasteiger partial charge < -0.3 is 14.5 Å². The third kappa shape index (κ3) is 5.30. The summed E-state index contributed by atoms with van der Waals surface area (Å²) in [5, 5.41) is 2.17. The van der Waals surface area contributed by atoms with Gasteiger partial charge in [0.25, 0.3) is 15.9 Å². The summed E-state index contributed by atoms with van der Waals surface area (Å²) in [6.45, 7) is 2.80. The number of anilines is 1. The maximum absolute atomic E-state index is 12.2. The van der Waals surface area contributed by atoms with Gasteiger partial charge in [-0.25, -0.2) is 17.9 Å². The molecule has 0 unspecified atom stereocenters. The molecule has 1 aliphatic rings. The Morgan fingerprint density at radius 1 is 1.10 bits per heavy atom. The van der Waals surface area contributed by atoms with Gasteiger partial charge in [-0.15, -0.1) is 0 Å². The number of hydrogen-bond donors (Lipinski definition) is 2. The summed E-state index contributed by atoms with van der Waals surface area (Å²) in [6.07, 6.45) is 0.363. The number of esters is 1. The van der Waals surface area contributed by atoms with Crippen LogP contribution in [0.5, 0.6) is 0 Å². The first-order chi connectivity index (χ1) is 13.7. The van der Waals surface area contributed by atoms with E-state index in [1.807, 2.05) is 0 Å². The highest BCUT2D eigenvalue weighted by Gasteiger charge is 2.31. The molecule has 154 valence electrons. The highest BCUT2D eigenvalue weighted by Crippen LogP contribution is 2.23. The molecule has 9 nitrogen and oxygen atoms in total. The molecule has 1 amide bonds. The van der Waals surface area contributed by atoms with Gasteiger partial charge in [0, 0.05) is 17.3 Å². The second-order valence-corrected chi connectivity index (χ2v) is 8.33. The number of carbonyl (C=O) groups is 3. The average Bonchev–Trinajstić information content (AvgIpc) is 3.31. The fourth-order valence-corrected chi connectivity index (χ4v) is 3.59. The number of Topliss-reactive ketones (excluding diaryl/α,β-unsaturated/α-hetero) is 1. The van der Waals surface area contributed by atoms with Gasteiger partial charge in [0.15, 0.2) is 11.9 Å². The molecule has 0 aliphatic heterocycles. The van der Waals surface area contributed by atoms with E-state index in [2.05, 4.69) is 10.0 Å². The molecule has 0 bridgehead atoms. The number of amides is 1. The van der Waals surface area contributed by atoms with Crippen LogP contribution in [-0.2, 0) is 19.6 Å². The Kier molecular flexibility index (Phi) is 5.85. The zero-order valence-electron chi connectivity index (χ0n) is 15.8. The monoisotopic (exact) mass is 420 g/mol. The van der Waals surface area contributed by atoms with E-state index in [1.165, 1.54) is 19.9 Å². The van der Waals surface area contributed by atoms with Gasteiger partial charge in [-0.3, -0.25) is 9.59 Å². The van der Waals surface area contributed by atoms with Gasteiger partial charge in [-0.2, -0.15) is 0 Å². The first-order valence-corrected chi connectivity index (χ1v) is 10.4. The number of rotatable bonds is 8. The van der Waals surface area contributed by atoms with Gasteiger partial charge in [0.1, 0.15) is 0 Å². The molecule has 1 saturated carbocycles. The maximum atomic E-state index is 12.2. The van der Waals surface area contributed by atoms with E-state index in [0.29, 0.717) is 11.3 Å². The molecular weight excluding hydrogens is 400 g/mol. The molecule has 0 radical (unpaired) electrons. The van der Waals surface area contributed by atoms with Crippen molar-refractivity contribution >= 4 is 33.4 Å². The maximum Gasteiger partial charge on any atom is 0.375 e. The van der Waals surface area contributed by atoms with Crippen molar-refractivity contribution in [1.29, 1.82) is 0 Å². The Bertz CT molecular complexity index is 1040. The van der Waals surface area contributed by atoms with Crippen LogP contribution in [0, 0.1) is 0 Å². The van der Waals surface area contributed by atoms with Crippen LogP contribution in [0.25, 0.3) is 0 Å². The summed E-state index contributed by atoms with van der Waals surface area (Å²) >= 11 is 0. The van der Waals surface area contributed by atoms with E-state index in [-0.39, 0.29) is 22.7 Å². The molecule has 2 aromatic rings. The molecule has 2 N–H and O–H groups in total. The largest absolute Gasteiger partial charge is 0.447 e. The van der Waals surface area contributed by atoms with Crippen molar-refractivity contribution in [1.82, 2.24) is 4.72 Å². The zero-order chi connectivity index (χ0) is 21.2. The van der Waals surface area contributed by atoms with Crippen molar-refractivity contribution in [3.05, 3.63) is 47.7 Å². The van der Waals surface area contributed by atoms with E-state index in [1.54, 1.807) is 24.3 Å². The molecule has 29 heavy (non-hydrogen) atoms. The van der Waals surface area contributed by atoms with Crippen molar-refractivity contribution < 1.29 is 32.0 Å². The quantitative estimate of drug-likeness (QED) is 0.494. The van der Waals surface area contributed by atoms with Crippen molar-refractivity contribution in [2.45, 2.75) is 43.9 Å². The molecule has 1 aliphatic carbocycles. The molecule has 3 rings (SSSR count). The number of nitrogens with one attached hydrogen (secondary N) is 2. The molecule has 1 heterocycles. The van der Waals surface area contributed by atoms with Crippen LogP contribution in [0.4, 0.5) is 5.69 Å². The number of ether oxygens (including phenoxy) is 1. The molecule has 1 aromatic heterocycles. The Labute approximate surface area is 167 Å². The lowest BCUT2D eigenvalue weighted by atomic mass is 10.1. The van der Waals surface area contributed by atoms with Crippen LogP contribution in [-0.4, -0.2) is 38.2 Å². The van der Waals surface area contributed by atoms with Gasteiger partial charge in [0.05, 0.1) is 0 Å². The van der Waals surface area contributed by atoms with Crippen LogP contribution in [0.1, 0.15) is 47.6 Å². The Morgan fingerprint density at radius 2 is 1.76 bits per heavy atom. The van der Waals surface area contributed by atoms with Crippen LogP contribution >= 0.6 is 0 Å². The van der Waals surface area contributed by atoms with E-state index < -0.39 is 28.0 Å². The lowest BCUT2D eigenvalue weighted by Gasteiger charge is -2.13. The number of carbonyl (C=O) groups excluding carboxylic acids is 3. The Hall–Kier alpha value is -2.98. The standard InChI is InChI=1S/C19H20N2O7S/c1-11(22)13-3-5-14(6-4-13)20-18(23)12(2)27-19(24)16-9-10-17(28-16)29(25,26)21-15-7-8-15/h3-6,9-10,12,15,21H,7-8H2,1-2H3,(H,20,23)/t12-/m1/s1. The summed E-state index contributed by atoms with van der Waals surface area (Å²) in [5.41, 5.74) is 0.933. The van der Waals surface area contributed by atoms with Crippen molar-refractivity contribution in [2.75, 3.05) is 5.32 Å². The predicted molar refractivity (Wildman–Crippen MR) is 102 cm³/mol. The zero-order valence-corrected chi connectivity index (χ0v) is 16.6. The van der Waals surface area contributed by atoms with Crippen molar-refractivity contribution in [3.8, 4) is 0 Å². The Morgan fingerprint density at radius 3 is 2.34 bits per heavy atom. The SMILES string of the molecule is CC(=O)c1ccc(NC(=O)[C@@H](C)OC(=O)c2ccc(S(=O)(=O)NC3CC3)o2)cc1. The van der Waals surface area contributed by atoms with E-state index in [9.17, 15) is 22.8 Å². The normalized spacial score (nSPS) is 14.8. The summed E-state index contributed by atoms with van der Waals surface area (Å²) in [6, 6.07) is 8.47. The first kappa shape index (κ1) is 20.7. The number of sulfonamides is 1. The third-order valence-electron chi connectivity index (χ3n) is 4.16. The molecule has 1 atom stereocenters. The molecule has 1 aromatic carbocycles. The predicted octanol–water partition coefficient (Wildman–Crippen LogP) is 2.11. The lowest BCUT2D eigenvalue weighted by molar-refractivity contribution is -0.123. The number of ketones is 1. The van der Waals surface area contributed by atoms with Crippen molar-refractivity contribution in [2.24, 2.45) is 0 Å². The van der Waals surface area contributed by atoms with Gasteiger partial charge in [-0.05, 0) is 63.1 Å². The topological polar surface area (TPSA) is 132 Å². The molecule has 0 saturated heterocycles. The summed E-state index contributed by atoms with van der Waals surface area (Å²) in [5.74, 6) is -1.99. The second kappa shape index (κ2) is 8.18. The highest BCUT2D eigenvalue weighted by molar-refractivity contribution is 7.89. The van der Waals surface area contributed by atoms with Crippen LogP contribution in [0.2, 0.25) is 0 Å². The number of benzene rings is 1. The molecule has 1 fully saturated rings. The minimum atomic E-state index is -3.83. The highest BCUT2D eigenvalue weighted by atomic mass is 32.2. The smallest absolute Gasteiger partial charge is 0.375 e. The summed E-state index contributed by atoms with van der Waals surface area (Å²) in [7, 11) is -3.83. The van der Waals surface area contributed by atoms with Gasteiger partial charge in [0.2, 0.25) is 10.9 Å². The minimum absolute atomic E-state index is 0.0997. The summed E-state index contributed by atoms with van der Waals surface area (Å²) in [4.78, 5) is 35.6. The molecular formula is C19H20N2O7S. The summed E-state index contributed by atoms with van der Waals surface area (Å²) < 4.78 is 36.7. The fraction of sp³-hybridized carbons (Fsp3) is 0.316. The Balaban J connectivity index is 1.58. The van der Waals surface area contributed by atoms with Gasteiger partial charge in [-0.1, -0.05) is 0 Å². The number of furan rings is 1. The van der Waals surface area contributed by atoms with E-state index >= 15 is 0 Å². The van der Waals surface area contributed by atoms with Gasteiger partial charge >= 0.3 is 5.97 Å². The average molecular weight is 420 g/mol. The fourth-order valence-electron chi connectivity index (χ4n) is 2.36. The third-order valence-corrected chi connectivity index (χ3v) is 5.55. The van der Waals surface area contributed by atoms with E-state index in [4.69, 9.17) is 9.15 Å². The molecule has 10 heteroatoms. The van der Waals surface area contributed by atoms with Crippen LogP contribution in [0.15, 0.2) is 45.9 Å². The van der Waals surface area contributed by atoms with Crippen molar-refractivity contribution in [3.63, 3.8) is 0 Å². The number of hydrogen-bond acceptors (Lipinski definition) is 7. The first-order valence-electron chi connectivity index (χ1n) is 8.91. The minimum Gasteiger partial charge on any atom is -0.447 e. The van der Waals surface area contributed by atoms with Crippen LogP contribution in [0.3, 0.4) is 0 Å². The van der Waals surface area contributed by atoms with E-state index in [0.717, 1.165) is 18.9 Å². The molecule has 0 spiro atoms.